The van der Waals surface area contributed by atoms with Crippen molar-refractivity contribution in [1.82, 2.24) is 0 Å². The molecule has 180 valence electrons. The summed E-state index contributed by atoms with van der Waals surface area (Å²) in [7, 11) is -4.47. The molecule has 0 radical (unpaired) electrons. The Bertz CT molecular complexity index is 914. The van der Waals surface area contributed by atoms with Gasteiger partial charge in [0.2, 0.25) is 0 Å². The van der Waals surface area contributed by atoms with Gasteiger partial charge < -0.3 is 4.42 Å². The maximum atomic E-state index is 12.5. The van der Waals surface area contributed by atoms with Gasteiger partial charge in [-0.1, -0.05) is 33.3 Å². The maximum absolute atomic E-state index is 12.5. The van der Waals surface area contributed by atoms with E-state index in [0.29, 0.717) is 18.3 Å². The third-order valence-electron chi connectivity index (χ3n) is 8.08. The van der Waals surface area contributed by atoms with Crippen LogP contribution in [0.5, 0.6) is 0 Å². The van der Waals surface area contributed by atoms with E-state index in [-0.39, 0.29) is 29.1 Å². The second-order valence-corrected chi connectivity index (χ2v) is 11.9. The number of aryl methyl sites for hydroxylation is 1. The Morgan fingerprint density at radius 1 is 1.25 bits per heavy atom. The Morgan fingerprint density at radius 3 is 2.66 bits per heavy atom. The number of fused-ring (bicyclic) bond motifs is 1. The molecule has 1 aromatic rings. The topological polar surface area (TPSA) is 93.8 Å². The summed E-state index contributed by atoms with van der Waals surface area (Å²) >= 11 is 0. The van der Waals surface area contributed by atoms with Gasteiger partial charge in [-0.05, 0) is 91.2 Å². The lowest BCUT2D eigenvalue weighted by Crippen LogP contribution is -2.44. The third-order valence-corrected chi connectivity index (χ3v) is 8.52. The van der Waals surface area contributed by atoms with Crippen LogP contribution in [0.2, 0.25) is 0 Å². The second-order valence-electron chi connectivity index (χ2n) is 10.8. The molecule has 0 aromatic carbocycles. The van der Waals surface area contributed by atoms with Gasteiger partial charge in [-0.15, -0.1) is 0 Å². The largest absolute Gasteiger partial charge is 0.472 e. The summed E-state index contributed by atoms with van der Waals surface area (Å²) in [5, 5.41) is 0. The number of allylic oxidation sites excluding steroid dienone is 2. The van der Waals surface area contributed by atoms with Crippen LogP contribution < -0.4 is 0 Å². The summed E-state index contributed by atoms with van der Waals surface area (Å²) in [6, 6.07) is 1.93. The molecule has 4 unspecified atom stereocenters. The zero-order valence-electron chi connectivity index (χ0n) is 19.8. The molecule has 2 aliphatic carbocycles. The van der Waals surface area contributed by atoms with Gasteiger partial charge in [0.05, 0.1) is 19.1 Å². The molecule has 7 heteroatoms. The molecule has 1 fully saturated rings. The van der Waals surface area contributed by atoms with Crippen molar-refractivity contribution in [2.45, 2.75) is 79.1 Å². The molecule has 32 heavy (non-hydrogen) atoms. The first-order valence-corrected chi connectivity index (χ1v) is 13.1. The Kier molecular flexibility index (Phi) is 7.73. The van der Waals surface area contributed by atoms with Gasteiger partial charge in [0.1, 0.15) is 0 Å². The van der Waals surface area contributed by atoms with Gasteiger partial charge in [-0.25, -0.2) is 4.18 Å². The number of ketones is 1. The molecule has 4 atom stereocenters. The molecular weight excluding hydrogens is 428 g/mol. The molecule has 0 amide bonds. The summed E-state index contributed by atoms with van der Waals surface area (Å²) < 4.78 is 41.4. The standard InChI is InChI=1S/C25H38O6S/c1-18-8-9-22-23(14-21(26)15-24(22,2)3)25(18,4)12-10-19(17-31-32(27,28)29)6-5-7-20-11-13-30-16-20/h11,13-14,16,18-19,22H,5-10,12,15,17H2,1-4H3,(H,27,28,29). The molecule has 0 bridgehead atoms. The highest BCUT2D eigenvalue weighted by Gasteiger charge is 2.49. The minimum atomic E-state index is -4.47. The molecule has 1 aromatic heterocycles. The Labute approximate surface area is 192 Å². The van der Waals surface area contributed by atoms with Crippen molar-refractivity contribution in [2.75, 3.05) is 6.61 Å². The minimum Gasteiger partial charge on any atom is -0.472 e. The van der Waals surface area contributed by atoms with Crippen molar-refractivity contribution in [3.8, 4) is 0 Å². The van der Waals surface area contributed by atoms with Gasteiger partial charge in [0.15, 0.2) is 5.78 Å². The van der Waals surface area contributed by atoms with Crippen LogP contribution in [0.15, 0.2) is 34.7 Å². The number of hydrogen-bond acceptors (Lipinski definition) is 5. The van der Waals surface area contributed by atoms with E-state index in [4.69, 9.17) is 13.2 Å². The Morgan fingerprint density at radius 2 is 2.00 bits per heavy atom. The molecular formula is C25H38O6S. The predicted molar refractivity (Wildman–Crippen MR) is 123 cm³/mol. The number of furan rings is 1. The highest BCUT2D eigenvalue weighted by Crippen LogP contribution is 2.57. The number of hydrogen-bond donors (Lipinski definition) is 1. The fourth-order valence-electron chi connectivity index (χ4n) is 5.86. The summed E-state index contributed by atoms with van der Waals surface area (Å²) in [4.78, 5) is 12.5. The van der Waals surface area contributed by atoms with Crippen LogP contribution in [0.25, 0.3) is 0 Å². The van der Waals surface area contributed by atoms with E-state index in [9.17, 15) is 13.2 Å². The molecule has 1 heterocycles. The van der Waals surface area contributed by atoms with Gasteiger partial charge in [-0.2, -0.15) is 8.42 Å². The molecule has 6 nitrogen and oxygen atoms in total. The Hall–Kier alpha value is -1.44. The minimum absolute atomic E-state index is 0.00105. The van der Waals surface area contributed by atoms with Crippen LogP contribution in [0, 0.1) is 28.6 Å². The van der Waals surface area contributed by atoms with E-state index in [1.807, 2.05) is 12.1 Å². The molecule has 2 aliphatic rings. The van der Waals surface area contributed by atoms with Crippen LogP contribution in [0.1, 0.15) is 78.2 Å². The van der Waals surface area contributed by atoms with Crippen molar-refractivity contribution < 1.29 is 26.4 Å². The van der Waals surface area contributed by atoms with E-state index in [1.54, 1.807) is 12.5 Å². The van der Waals surface area contributed by atoms with E-state index >= 15 is 0 Å². The maximum Gasteiger partial charge on any atom is 0.397 e. The molecule has 0 spiro atoms. The second kappa shape index (κ2) is 9.82. The summed E-state index contributed by atoms with van der Waals surface area (Å²) in [5.74, 6) is 1.07. The molecule has 0 aliphatic heterocycles. The smallest absolute Gasteiger partial charge is 0.397 e. The third kappa shape index (κ3) is 6.12. The van der Waals surface area contributed by atoms with Crippen molar-refractivity contribution >= 4 is 16.2 Å². The number of carbonyl (C=O) groups excluding carboxylic acids is 1. The summed E-state index contributed by atoms with van der Waals surface area (Å²) in [5.41, 5.74) is 2.27. The van der Waals surface area contributed by atoms with E-state index in [2.05, 4.69) is 27.7 Å². The monoisotopic (exact) mass is 466 g/mol. The molecule has 3 rings (SSSR count). The number of carbonyl (C=O) groups is 1. The number of rotatable bonds is 10. The highest BCUT2D eigenvalue weighted by atomic mass is 32.3. The van der Waals surface area contributed by atoms with Crippen molar-refractivity contribution in [3.05, 3.63) is 35.8 Å². The van der Waals surface area contributed by atoms with Crippen LogP contribution >= 0.6 is 0 Å². The normalized spacial score (nSPS) is 28.8. The van der Waals surface area contributed by atoms with Gasteiger partial charge in [0.25, 0.3) is 0 Å². The summed E-state index contributed by atoms with van der Waals surface area (Å²) in [6.07, 6.45) is 12.3. The first kappa shape index (κ1) is 25.2. The average molecular weight is 467 g/mol. The Balaban J connectivity index is 1.72. The van der Waals surface area contributed by atoms with E-state index in [1.165, 1.54) is 5.57 Å². The fourth-order valence-corrected chi connectivity index (χ4v) is 6.23. The van der Waals surface area contributed by atoms with Crippen molar-refractivity contribution in [1.29, 1.82) is 0 Å². The van der Waals surface area contributed by atoms with Crippen molar-refractivity contribution in [2.24, 2.45) is 28.6 Å². The predicted octanol–water partition coefficient (Wildman–Crippen LogP) is 5.80. The van der Waals surface area contributed by atoms with Gasteiger partial charge in [-0.3, -0.25) is 9.35 Å². The lowest BCUT2D eigenvalue weighted by Gasteiger charge is -2.53. The first-order valence-electron chi connectivity index (χ1n) is 11.8. The zero-order chi connectivity index (χ0) is 23.6. The zero-order valence-corrected chi connectivity index (χ0v) is 20.6. The molecule has 1 saturated carbocycles. The first-order chi connectivity index (χ1) is 14.9. The van der Waals surface area contributed by atoms with Gasteiger partial charge in [0, 0.05) is 6.42 Å². The van der Waals surface area contributed by atoms with E-state index in [0.717, 1.165) is 50.5 Å². The molecule has 1 N–H and O–H groups in total. The lowest BCUT2D eigenvalue weighted by atomic mass is 9.52. The van der Waals surface area contributed by atoms with Gasteiger partial charge >= 0.3 is 10.4 Å². The molecule has 0 saturated heterocycles. The lowest BCUT2D eigenvalue weighted by molar-refractivity contribution is -0.118. The van der Waals surface area contributed by atoms with Crippen molar-refractivity contribution in [3.63, 3.8) is 0 Å². The summed E-state index contributed by atoms with van der Waals surface area (Å²) in [6.45, 7) is 8.93. The van der Waals surface area contributed by atoms with Crippen LogP contribution in [0.3, 0.4) is 0 Å². The van der Waals surface area contributed by atoms with Crippen LogP contribution in [-0.4, -0.2) is 25.4 Å². The SMILES string of the molecule is CC1CCC2C(=CC(=O)CC2(C)C)C1(C)CCC(CCCc1ccoc1)COS(=O)(=O)O. The van der Waals surface area contributed by atoms with E-state index < -0.39 is 10.4 Å². The highest BCUT2D eigenvalue weighted by molar-refractivity contribution is 7.80. The average Bonchev–Trinajstić information content (AvgIpc) is 3.19. The quantitative estimate of drug-likeness (QED) is 0.438. The van der Waals surface area contributed by atoms with Crippen LogP contribution in [-0.2, 0) is 25.8 Å². The fraction of sp³-hybridized carbons (Fsp3) is 0.720. The van der Waals surface area contributed by atoms with Crippen LogP contribution in [0.4, 0.5) is 0 Å².